The van der Waals surface area contributed by atoms with Gasteiger partial charge in [-0.15, -0.1) is 0 Å². The van der Waals surface area contributed by atoms with E-state index in [9.17, 15) is 4.79 Å². The summed E-state index contributed by atoms with van der Waals surface area (Å²) in [6.45, 7) is 0. The summed E-state index contributed by atoms with van der Waals surface area (Å²) in [4.78, 5) is 15.0. The number of esters is 1. The van der Waals surface area contributed by atoms with E-state index in [1.807, 2.05) is 22.7 Å². The fraction of sp³-hybridized carbons (Fsp3) is 0.111. The van der Waals surface area contributed by atoms with Crippen molar-refractivity contribution in [2.75, 3.05) is 7.11 Å². The maximum Gasteiger partial charge on any atom is 0.358 e. The molecule has 0 aliphatic heterocycles. The van der Waals surface area contributed by atoms with Crippen LogP contribution in [-0.2, 0) is 4.74 Å². The summed E-state index contributed by atoms with van der Waals surface area (Å²) in [5.74, 6) is -0.421. The van der Waals surface area contributed by atoms with Gasteiger partial charge >= 0.3 is 5.97 Å². The van der Waals surface area contributed by atoms with Crippen LogP contribution in [0.5, 0.6) is 0 Å². The van der Waals surface area contributed by atoms with Crippen LogP contribution in [0.2, 0.25) is 0 Å². The quantitative estimate of drug-likeness (QED) is 0.611. The average Bonchev–Trinajstić information content (AvgIpc) is 2.63. The number of carbonyl (C=O) groups excluding carboxylic acids is 1. The van der Waals surface area contributed by atoms with E-state index < -0.39 is 5.97 Å². The SMILES string of the molecule is COC(=O)c1cn2cccc2cn1. The number of methoxy groups -OCH3 is 1. The molecule has 0 bridgehead atoms. The summed E-state index contributed by atoms with van der Waals surface area (Å²) in [7, 11) is 1.34. The molecule has 2 aromatic heterocycles. The highest BCUT2D eigenvalue weighted by Gasteiger charge is 2.06. The van der Waals surface area contributed by atoms with Crippen LogP contribution in [-0.4, -0.2) is 22.5 Å². The molecule has 0 saturated carbocycles. The molecule has 0 unspecified atom stereocenters. The molecule has 4 heteroatoms. The van der Waals surface area contributed by atoms with Gasteiger partial charge in [0.1, 0.15) is 0 Å². The van der Waals surface area contributed by atoms with Crippen molar-refractivity contribution in [2.45, 2.75) is 0 Å². The summed E-state index contributed by atoms with van der Waals surface area (Å²) < 4.78 is 6.37. The van der Waals surface area contributed by atoms with Crippen molar-refractivity contribution in [3.63, 3.8) is 0 Å². The molecule has 2 aromatic rings. The molecule has 0 spiro atoms. The van der Waals surface area contributed by atoms with Gasteiger partial charge < -0.3 is 9.14 Å². The minimum Gasteiger partial charge on any atom is -0.464 e. The monoisotopic (exact) mass is 176 g/mol. The number of nitrogens with zero attached hydrogens (tertiary/aromatic N) is 2. The molecule has 0 saturated heterocycles. The van der Waals surface area contributed by atoms with E-state index in [4.69, 9.17) is 0 Å². The van der Waals surface area contributed by atoms with Crippen LogP contribution in [0.4, 0.5) is 0 Å². The highest BCUT2D eigenvalue weighted by atomic mass is 16.5. The summed E-state index contributed by atoms with van der Waals surface area (Å²) >= 11 is 0. The smallest absolute Gasteiger partial charge is 0.358 e. The second-order valence-electron chi connectivity index (χ2n) is 2.60. The maximum absolute atomic E-state index is 11.1. The Balaban J connectivity index is 2.54. The van der Waals surface area contributed by atoms with Gasteiger partial charge in [0.05, 0.1) is 18.8 Å². The van der Waals surface area contributed by atoms with E-state index in [2.05, 4.69) is 9.72 Å². The summed E-state index contributed by atoms with van der Waals surface area (Å²) in [5.41, 5.74) is 1.26. The van der Waals surface area contributed by atoms with Crippen molar-refractivity contribution in [1.82, 2.24) is 9.38 Å². The Morgan fingerprint density at radius 3 is 3.23 bits per heavy atom. The van der Waals surface area contributed by atoms with Crippen molar-refractivity contribution >= 4 is 11.5 Å². The van der Waals surface area contributed by atoms with E-state index in [0.717, 1.165) is 5.52 Å². The normalized spacial score (nSPS) is 10.2. The van der Waals surface area contributed by atoms with Crippen LogP contribution < -0.4 is 0 Å². The molecule has 0 N–H and O–H groups in total. The molecule has 0 aliphatic rings. The van der Waals surface area contributed by atoms with Crippen LogP contribution in [0, 0.1) is 0 Å². The van der Waals surface area contributed by atoms with Gasteiger partial charge in [-0.3, -0.25) is 0 Å². The van der Waals surface area contributed by atoms with Crippen molar-refractivity contribution in [1.29, 1.82) is 0 Å². The number of rotatable bonds is 1. The molecule has 0 aliphatic carbocycles. The second-order valence-corrected chi connectivity index (χ2v) is 2.60. The topological polar surface area (TPSA) is 43.6 Å². The third kappa shape index (κ3) is 1.26. The van der Waals surface area contributed by atoms with E-state index in [-0.39, 0.29) is 0 Å². The van der Waals surface area contributed by atoms with Gasteiger partial charge in [0.2, 0.25) is 0 Å². The molecule has 13 heavy (non-hydrogen) atoms. The van der Waals surface area contributed by atoms with E-state index in [1.54, 1.807) is 12.4 Å². The molecule has 0 radical (unpaired) electrons. The predicted octanol–water partition coefficient (Wildman–Crippen LogP) is 1.12. The molecule has 0 fully saturated rings. The molecule has 2 heterocycles. The molecular weight excluding hydrogens is 168 g/mol. The zero-order valence-corrected chi connectivity index (χ0v) is 7.10. The Kier molecular flexibility index (Phi) is 1.73. The zero-order chi connectivity index (χ0) is 9.26. The largest absolute Gasteiger partial charge is 0.464 e. The minimum absolute atomic E-state index is 0.311. The fourth-order valence-corrected chi connectivity index (χ4v) is 1.14. The standard InChI is InChI=1S/C9H8N2O2/c1-13-9(12)8-6-11-4-2-3-7(11)5-10-8/h2-6H,1H3. The number of aromatic nitrogens is 2. The van der Waals surface area contributed by atoms with Gasteiger partial charge in [0.15, 0.2) is 5.69 Å². The average molecular weight is 176 g/mol. The summed E-state index contributed by atoms with van der Waals surface area (Å²) in [5, 5.41) is 0. The number of hydrogen-bond donors (Lipinski definition) is 0. The van der Waals surface area contributed by atoms with Crippen molar-refractivity contribution in [2.24, 2.45) is 0 Å². The zero-order valence-electron chi connectivity index (χ0n) is 7.10. The lowest BCUT2D eigenvalue weighted by Gasteiger charge is -1.98. The molecular formula is C9H8N2O2. The van der Waals surface area contributed by atoms with Crippen molar-refractivity contribution < 1.29 is 9.53 Å². The van der Waals surface area contributed by atoms with Gasteiger partial charge in [-0.25, -0.2) is 9.78 Å². The van der Waals surface area contributed by atoms with Crippen LogP contribution >= 0.6 is 0 Å². The first-order valence-electron chi connectivity index (χ1n) is 3.82. The molecule has 66 valence electrons. The van der Waals surface area contributed by atoms with E-state index in [1.165, 1.54) is 7.11 Å². The van der Waals surface area contributed by atoms with Gasteiger partial charge in [-0.05, 0) is 12.1 Å². The van der Waals surface area contributed by atoms with Crippen LogP contribution in [0.25, 0.3) is 5.52 Å². The number of hydrogen-bond acceptors (Lipinski definition) is 3. The van der Waals surface area contributed by atoms with Crippen molar-refractivity contribution in [3.05, 3.63) is 36.4 Å². The first-order valence-corrected chi connectivity index (χ1v) is 3.82. The van der Waals surface area contributed by atoms with Crippen LogP contribution in [0.1, 0.15) is 10.5 Å². The highest BCUT2D eigenvalue weighted by Crippen LogP contribution is 2.04. The maximum atomic E-state index is 11.1. The highest BCUT2D eigenvalue weighted by molar-refractivity contribution is 5.87. The number of fused-ring (bicyclic) bond motifs is 1. The Bertz CT molecular complexity index is 448. The Morgan fingerprint density at radius 1 is 1.62 bits per heavy atom. The van der Waals surface area contributed by atoms with Crippen LogP contribution in [0.15, 0.2) is 30.7 Å². The number of carbonyl (C=O) groups is 1. The van der Waals surface area contributed by atoms with Crippen LogP contribution in [0.3, 0.4) is 0 Å². The van der Waals surface area contributed by atoms with E-state index in [0.29, 0.717) is 5.69 Å². The molecule has 4 nitrogen and oxygen atoms in total. The van der Waals surface area contributed by atoms with Gasteiger partial charge in [0.25, 0.3) is 0 Å². The molecule has 2 rings (SSSR count). The summed E-state index contributed by atoms with van der Waals surface area (Å²) in [6, 6.07) is 3.80. The lowest BCUT2D eigenvalue weighted by Crippen LogP contribution is -2.05. The predicted molar refractivity (Wildman–Crippen MR) is 46.5 cm³/mol. The Hall–Kier alpha value is -1.84. The molecule has 0 atom stereocenters. The lowest BCUT2D eigenvalue weighted by atomic mass is 10.4. The fourth-order valence-electron chi connectivity index (χ4n) is 1.14. The van der Waals surface area contributed by atoms with E-state index >= 15 is 0 Å². The third-order valence-electron chi connectivity index (χ3n) is 1.80. The molecule has 0 aromatic carbocycles. The van der Waals surface area contributed by atoms with Gasteiger partial charge in [-0.1, -0.05) is 0 Å². The van der Waals surface area contributed by atoms with Gasteiger partial charge in [-0.2, -0.15) is 0 Å². The van der Waals surface area contributed by atoms with Gasteiger partial charge in [0, 0.05) is 12.4 Å². The lowest BCUT2D eigenvalue weighted by molar-refractivity contribution is 0.0593. The van der Waals surface area contributed by atoms with Crippen molar-refractivity contribution in [3.8, 4) is 0 Å². The number of ether oxygens (including phenoxy) is 1. The Morgan fingerprint density at radius 2 is 2.46 bits per heavy atom. The first kappa shape index (κ1) is 7.79. The third-order valence-corrected chi connectivity index (χ3v) is 1.80. The first-order chi connectivity index (χ1) is 6.31. The summed E-state index contributed by atoms with van der Waals surface area (Å²) in [6.07, 6.45) is 5.12. The molecule has 0 amide bonds. The second kappa shape index (κ2) is 2.90. The Labute approximate surface area is 74.8 Å². The minimum atomic E-state index is -0.421.